The molecule has 0 radical (unpaired) electrons. The summed E-state index contributed by atoms with van der Waals surface area (Å²) in [6.07, 6.45) is 3.99. The first kappa shape index (κ1) is 29.1. The van der Waals surface area contributed by atoms with Crippen LogP contribution in [0.4, 0.5) is 9.59 Å². The zero-order valence-electron chi connectivity index (χ0n) is 25.4. The minimum Gasteiger partial charge on any atom is -0.393 e. The molecule has 3 heterocycles. The molecule has 1 aromatic carbocycles. The minimum atomic E-state index is -1.31. The zero-order chi connectivity index (χ0) is 30.5. The fourth-order valence-electron chi connectivity index (χ4n) is 7.40. The highest BCUT2D eigenvalue weighted by Gasteiger charge is 2.69. The first-order valence-corrected chi connectivity index (χ1v) is 15.7. The molecule has 1 saturated carbocycles. The van der Waals surface area contributed by atoms with Crippen molar-refractivity contribution in [1.82, 2.24) is 14.7 Å². The molecule has 2 saturated heterocycles. The van der Waals surface area contributed by atoms with Gasteiger partial charge in [-0.05, 0) is 63.5 Å². The summed E-state index contributed by atoms with van der Waals surface area (Å²) in [5.41, 5.74) is 1.10. The summed E-state index contributed by atoms with van der Waals surface area (Å²) < 4.78 is 12.2. The summed E-state index contributed by atoms with van der Waals surface area (Å²) >= 11 is 0. The molecule has 6 rings (SSSR count). The van der Waals surface area contributed by atoms with Gasteiger partial charge >= 0.3 is 12.2 Å². The molecule has 3 unspecified atom stereocenters. The number of imide groups is 1. The monoisotopic (exact) mass is 588 g/mol. The fraction of sp³-hybridized carbons (Fsp3) is 0.545. The Hall–Kier alpha value is -3.95. The summed E-state index contributed by atoms with van der Waals surface area (Å²) in [6.45, 7) is 9.15. The van der Waals surface area contributed by atoms with E-state index in [1.54, 1.807) is 11.8 Å². The number of cyclic esters (lactones) is 1. The van der Waals surface area contributed by atoms with Gasteiger partial charge in [0.05, 0.1) is 11.8 Å². The molecule has 3 fully saturated rings. The predicted octanol–water partition coefficient (Wildman–Crippen LogP) is 4.91. The Balaban J connectivity index is 1.61. The Bertz CT molecular complexity index is 1430. The summed E-state index contributed by atoms with van der Waals surface area (Å²) in [5.74, 6) is -1.52. The molecule has 0 spiro atoms. The summed E-state index contributed by atoms with van der Waals surface area (Å²) in [5, 5.41) is 0. The van der Waals surface area contributed by atoms with E-state index in [2.05, 4.69) is 0 Å². The van der Waals surface area contributed by atoms with E-state index < -0.39 is 35.5 Å². The SMILES string of the molecule is CCC1=C(OC(=O)N(CC)CC)N2C(=O)OC(=NCC3CC3)[C@]2(Cc2ccccc2)C2C1=CCC1C(=O)N(CC)C(=O)C12. The van der Waals surface area contributed by atoms with Crippen LogP contribution in [-0.4, -0.2) is 76.3 Å². The lowest BCUT2D eigenvalue weighted by molar-refractivity contribution is -0.140. The smallest absolute Gasteiger partial charge is 0.393 e. The quantitative estimate of drug-likeness (QED) is 0.380. The molecule has 0 N–H and O–H groups in total. The van der Waals surface area contributed by atoms with Crippen LogP contribution in [0.2, 0.25) is 0 Å². The highest BCUT2D eigenvalue weighted by atomic mass is 16.6. The molecule has 0 aromatic heterocycles. The predicted molar refractivity (Wildman–Crippen MR) is 159 cm³/mol. The van der Waals surface area contributed by atoms with Crippen LogP contribution in [0.1, 0.15) is 58.9 Å². The molecule has 10 heteroatoms. The number of hydrogen-bond acceptors (Lipinski definition) is 7. The summed E-state index contributed by atoms with van der Waals surface area (Å²) in [7, 11) is 0. The number of amides is 4. The van der Waals surface area contributed by atoms with Gasteiger partial charge in [0, 0.05) is 44.1 Å². The standard InChI is InChI=1S/C33H40N4O6/c1-5-22-23-16-17-24-25(28(39)36(8-4)27(24)38)26(23)33(18-20-12-10-9-11-13-20)30(34-19-21-14-15-21)43-32(41)37(33)29(22)42-31(40)35(6-2)7-3/h9-13,16,21,24-26H,5-8,14-15,17-19H2,1-4H3/t24?,25?,26?,33-/m0/s1. The van der Waals surface area contributed by atoms with E-state index in [0.29, 0.717) is 44.0 Å². The van der Waals surface area contributed by atoms with Gasteiger partial charge in [-0.2, -0.15) is 0 Å². The zero-order valence-corrected chi connectivity index (χ0v) is 25.4. The first-order valence-electron chi connectivity index (χ1n) is 15.7. The van der Waals surface area contributed by atoms with Gasteiger partial charge in [-0.1, -0.05) is 43.3 Å². The van der Waals surface area contributed by atoms with Crippen LogP contribution in [-0.2, 0) is 25.5 Å². The van der Waals surface area contributed by atoms with E-state index in [0.717, 1.165) is 24.0 Å². The van der Waals surface area contributed by atoms with Crippen molar-refractivity contribution in [2.24, 2.45) is 28.7 Å². The van der Waals surface area contributed by atoms with Gasteiger partial charge in [-0.25, -0.2) is 14.5 Å². The van der Waals surface area contributed by atoms with Crippen molar-refractivity contribution in [3.8, 4) is 0 Å². The van der Waals surface area contributed by atoms with Crippen LogP contribution in [0.5, 0.6) is 0 Å². The minimum absolute atomic E-state index is 0.127. The number of carbonyl (C=O) groups excluding carboxylic acids is 4. The van der Waals surface area contributed by atoms with E-state index in [1.807, 2.05) is 57.2 Å². The Morgan fingerprint density at radius 3 is 2.42 bits per heavy atom. The Kier molecular flexibility index (Phi) is 7.64. The third-order valence-corrected chi connectivity index (χ3v) is 9.70. The van der Waals surface area contributed by atoms with Gasteiger partial charge in [-0.15, -0.1) is 0 Å². The largest absolute Gasteiger partial charge is 0.424 e. The van der Waals surface area contributed by atoms with Crippen molar-refractivity contribution < 1.29 is 28.7 Å². The maximum absolute atomic E-state index is 14.1. The van der Waals surface area contributed by atoms with Gasteiger partial charge in [-0.3, -0.25) is 19.5 Å². The highest BCUT2D eigenvalue weighted by molar-refractivity contribution is 6.09. The maximum Gasteiger partial charge on any atom is 0.424 e. The van der Waals surface area contributed by atoms with E-state index in [4.69, 9.17) is 14.5 Å². The normalized spacial score (nSPS) is 28.9. The molecule has 2 aliphatic carbocycles. The second-order valence-electron chi connectivity index (χ2n) is 12.0. The molecule has 10 nitrogen and oxygen atoms in total. The molecule has 3 aliphatic heterocycles. The number of rotatable bonds is 9. The molecule has 4 amide bonds. The van der Waals surface area contributed by atoms with Crippen LogP contribution in [0, 0.1) is 23.7 Å². The molecule has 43 heavy (non-hydrogen) atoms. The van der Waals surface area contributed by atoms with E-state index in [9.17, 15) is 19.2 Å². The van der Waals surface area contributed by atoms with E-state index in [1.165, 1.54) is 9.80 Å². The number of nitrogens with zero attached hydrogens (tertiary/aromatic N) is 4. The molecule has 228 valence electrons. The number of benzene rings is 1. The molecule has 1 aromatic rings. The summed E-state index contributed by atoms with van der Waals surface area (Å²) in [4.78, 5) is 64.4. The van der Waals surface area contributed by atoms with Crippen LogP contribution < -0.4 is 0 Å². The van der Waals surface area contributed by atoms with Gasteiger partial charge in [0.2, 0.25) is 23.6 Å². The van der Waals surface area contributed by atoms with Crippen LogP contribution in [0.3, 0.4) is 0 Å². The lowest BCUT2D eigenvalue weighted by Crippen LogP contribution is -2.63. The van der Waals surface area contributed by atoms with Crippen molar-refractivity contribution in [2.45, 2.75) is 65.3 Å². The van der Waals surface area contributed by atoms with Gasteiger partial charge < -0.3 is 14.4 Å². The number of fused-ring (bicyclic) bond motifs is 5. The van der Waals surface area contributed by atoms with Gasteiger partial charge in [0.1, 0.15) is 5.54 Å². The van der Waals surface area contributed by atoms with Crippen molar-refractivity contribution in [2.75, 3.05) is 26.2 Å². The fourth-order valence-corrected chi connectivity index (χ4v) is 7.40. The van der Waals surface area contributed by atoms with Crippen molar-refractivity contribution in [3.05, 3.63) is 59.0 Å². The van der Waals surface area contributed by atoms with Crippen molar-refractivity contribution in [3.63, 3.8) is 0 Å². The third kappa shape index (κ3) is 4.57. The van der Waals surface area contributed by atoms with Gasteiger partial charge in [0.25, 0.3) is 0 Å². The van der Waals surface area contributed by atoms with Crippen LogP contribution >= 0.6 is 0 Å². The van der Waals surface area contributed by atoms with Crippen LogP contribution in [0.25, 0.3) is 0 Å². The number of aliphatic imine (C=N–C) groups is 1. The average molecular weight is 589 g/mol. The lowest BCUT2D eigenvalue weighted by Gasteiger charge is -2.51. The Morgan fingerprint density at radius 2 is 1.79 bits per heavy atom. The van der Waals surface area contributed by atoms with Crippen molar-refractivity contribution in [1.29, 1.82) is 0 Å². The molecule has 4 atom stereocenters. The molecule has 0 bridgehead atoms. The Morgan fingerprint density at radius 1 is 1.07 bits per heavy atom. The van der Waals surface area contributed by atoms with E-state index in [-0.39, 0.29) is 36.6 Å². The number of ether oxygens (including phenoxy) is 2. The second kappa shape index (κ2) is 11.3. The molecular weight excluding hydrogens is 548 g/mol. The topological polar surface area (TPSA) is 109 Å². The third-order valence-electron chi connectivity index (χ3n) is 9.70. The number of allylic oxidation sites excluding steroid dienone is 2. The number of likely N-dealkylation sites (tertiary alicyclic amines) is 1. The van der Waals surface area contributed by atoms with Crippen LogP contribution in [0.15, 0.2) is 58.4 Å². The molecular formula is C33H40N4O6. The van der Waals surface area contributed by atoms with Crippen molar-refractivity contribution >= 4 is 29.9 Å². The Labute approximate surface area is 252 Å². The second-order valence-corrected chi connectivity index (χ2v) is 12.0. The number of carbonyl (C=O) groups is 4. The van der Waals surface area contributed by atoms with Gasteiger partial charge in [0.15, 0.2) is 0 Å². The summed E-state index contributed by atoms with van der Waals surface area (Å²) in [6, 6.07) is 9.72. The highest BCUT2D eigenvalue weighted by Crippen LogP contribution is 2.58. The van der Waals surface area contributed by atoms with E-state index >= 15 is 0 Å². The number of hydrogen-bond donors (Lipinski definition) is 0. The molecule has 5 aliphatic rings. The first-order chi connectivity index (χ1) is 20.8. The maximum atomic E-state index is 14.1. The average Bonchev–Trinajstić information content (AvgIpc) is 3.75. The lowest BCUT2D eigenvalue weighted by atomic mass is 9.59.